The van der Waals surface area contributed by atoms with Crippen molar-refractivity contribution >= 4 is 21.7 Å². The van der Waals surface area contributed by atoms with Crippen molar-refractivity contribution in [3.8, 4) is 0 Å². The zero-order valence-corrected chi connectivity index (χ0v) is 15.8. The van der Waals surface area contributed by atoms with Gasteiger partial charge in [-0.1, -0.05) is 42.8 Å². The van der Waals surface area contributed by atoms with Gasteiger partial charge in [-0.25, -0.2) is 13.2 Å². The first-order chi connectivity index (χ1) is 12.4. The molecule has 0 fully saturated rings. The molecule has 0 aliphatic carbocycles. The average Bonchev–Trinajstić information content (AvgIpc) is 2.62. The third kappa shape index (κ3) is 5.88. The van der Waals surface area contributed by atoms with E-state index in [4.69, 9.17) is 0 Å². The molecule has 0 bridgehead atoms. The monoisotopic (exact) mass is 375 g/mol. The van der Waals surface area contributed by atoms with E-state index in [1.54, 1.807) is 25.1 Å². The fraction of sp³-hybridized carbons (Fsp3) is 0.350. The van der Waals surface area contributed by atoms with Crippen LogP contribution in [0.3, 0.4) is 0 Å². The number of benzene rings is 2. The largest absolute Gasteiger partial charge is 0.478 e. The molecule has 2 N–H and O–H groups in total. The van der Waals surface area contributed by atoms with E-state index < -0.39 is 16.0 Å². The molecule has 0 aliphatic heterocycles. The number of carboxylic acid groups (broad SMARTS) is 1. The third-order valence-electron chi connectivity index (χ3n) is 4.30. The minimum atomic E-state index is -3.28. The molecule has 0 saturated heterocycles. The highest BCUT2D eigenvalue weighted by Crippen LogP contribution is 2.20. The molecule has 5 nitrogen and oxygen atoms in total. The maximum absolute atomic E-state index is 11.8. The number of anilines is 1. The van der Waals surface area contributed by atoms with Crippen LogP contribution in [0.4, 0.5) is 5.69 Å². The van der Waals surface area contributed by atoms with Crippen molar-refractivity contribution in [3.63, 3.8) is 0 Å². The summed E-state index contributed by atoms with van der Waals surface area (Å²) in [5.74, 6) is -0.845. The number of hydrogen-bond donors (Lipinski definition) is 2. The van der Waals surface area contributed by atoms with Gasteiger partial charge in [-0.3, -0.25) is 4.72 Å². The number of aryl methyl sites for hydroxylation is 2. The molecule has 0 saturated carbocycles. The van der Waals surface area contributed by atoms with Gasteiger partial charge in [0.2, 0.25) is 10.0 Å². The quantitative estimate of drug-likeness (QED) is 0.612. The van der Waals surface area contributed by atoms with E-state index in [2.05, 4.69) is 4.72 Å². The van der Waals surface area contributed by atoms with Crippen molar-refractivity contribution in [1.29, 1.82) is 0 Å². The summed E-state index contributed by atoms with van der Waals surface area (Å²) in [5, 5.41) is 9.20. The molecule has 6 heteroatoms. The first-order valence-corrected chi connectivity index (χ1v) is 10.5. The third-order valence-corrected chi connectivity index (χ3v) is 5.59. The first-order valence-electron chi connectivity index (χ1n) is 8.82. The van der Waals surface area contributed by atoms with E-state index in [0.29, 0.717) is 11.3 Å². The van der Waals surface area contributed by atoms with Gasteiger partial charge in [0.15, 0.2) is 0 Å². The highest BCUT2D eigenvalue weighted by Gasteiger charge is 2.10. The summed E-state index contributed by atoms with van der Waals surface area (Å²) in [4.78, 5) is 11.2. The van der Waals surface area contributed by atoms with Crippen molar-refractivity contribution in [2.45, 2.75) is 39.0 Å². The molecule has 0 atom stereocenters. The number of aromatic carboxylic acids is 1. The normalized spacial score (nSPS) is 11.3. The van der Waals surface area contributed by atoms with Crippen LogP contribution in [0.2, 0.25) is 0 Å². The Bertz CT molecular complexity index is 846. The highest BCUT2D eigenvalue weighted by atomic mass is 32.2. The lowest BCUT2D eigenvalue weighted by Gasteiger charge is -2.12. The van der Waals surface area contributed by atoms with Crippen LogP contribution >= 0.6 is 0 Å². The Morgan fingerprint density at radius 3 is 2.15 bits per heavy atom. The number of rotatable bonds is 10. The van der Waals surface area contributed by atoms with E-state index >= 15 is 0 Å². The summed E-state index contributed by atoms with van der Waals surface area (Å²) in [6.45, 7) is 1.61. The molecule has 0 heterocycles. The second kappa shape index (κ2) is 9.38. The number of para-hydroxylation sites is 1. The van der Waals surface area contributed by atoms with Crippen LogP contribution in [0.15, 0.2) is 48.5 Å². The van der Waals surface area contributed by atoms with Gasteiger partial charge in [0.05, 0.1) is 17.0 Å². The molecular weight excluding hydrogens is 350 g/mol. The first kappa shape index (κ1) is 20.0. The molecule has 0 radical (unpaired) electrons. The Hall–Kier alpha value is -2.34. The summed E-state index contributed by atoms with van der Waals surface area (Å²) < 4.78 is 26.2. The molecule has 2 aromatic rings. The zero-order chi connectivity index (χ0) is 19.0. The van der Waals surface area contributed by atoms with Gasteiger partial charge in [-0.15, -0.1) is 0 Å². The molecular formula is C20H25NO4S. The lowest BCUT2D eigenvalue weighted by Crippen LogP contribution is -2.15. The van der Waals surface area contributed by atoms with Crippen LogP contribution in [0, 0.1) is 0 Å². The second-order valence-electron chi connectivity index (χ2n) is 6.19. The molecule has 0 aromatic heterocycles. The Morgan fingerprint density at radius 2 is 1.50 bits per heavy atom. The minimum Gasteiger partial charge on any atom is -0.478 e. The SMILES string of the molecule is CCS(=O)(=O)Nc1ccccc1CCCCCc1ccccc1C(=O)O. The van der Waals surface area contributed by atoms with Crippen LogP contribution < -0.4 is 4.72 Å². The Balaban J connectivity index is 1.87. The van der Waals surface area contributed by atoms with Crippen molar-refractivity contribution < 1.29 is 18.3 Å². The molecule has 140 valence electrons. The number of carboxylic acids is 1. The van der Waals surface area contributed by atoms with Gasteiger partial charge in [0.25, 0.3) is 0 Å². The van der Waals surface area contributed by atoms with E-state index in [1.807, 2.05) is 30.3 Å². The fourth-order valence-corrected chi connectivity index (χ4v) is 3.51. The summed E-state index contributed by atoms with van der Waals surface area (Å²) in [7, 11) is -3.28. The summed E-state index contributed by atoms with van der Waals surface area (Å²) in [6.07, 6.45) is 4.27. The van der Waals surface area contributed by atoms with Crippen LogP contribution in [-0.2, 0) is 22.9 Å². The van der Waals surface area contributed by atoms with Crippen LogP contribution in [0.5, 0.6) is 0 Å². The topological polar surface area (TPSA) is 83.5 Å². The number of unbranched alkanes of at least 4 members (excludes halogenated alkanes) is 2. The second-order valence-corrected chi connectivity index (χ2v) is 8.20. The van der Waals surface area contributed by atoms with Crippen LogP contribution in [-0.4, -0.2) is 25.2 Å². The number of carbonyl (C=O) groups is 1. The van der Waals surface area contributed by atoms with E-state index in [1.165, 1.54) is 0 Å². The predicted octanol–water partition coefficient (Wildman–Crippen LogP) is 4.10. The minimum absolute atomic E-state index is 0.0460. The smallest absolute Gasteiger partial charge is 0.335 e. The van der Waals surface area contributed by atoms with Gasteiger partial charge in [-0.05, 0) is 55.9 Å². The number of hydrogen-bond acceptors (Lipinski definition) is 3. The van der Waals surface area contributed by atoms with Crippen molar-refractivity contribution in [1.82, 2.24) is 0 Å². The Labute approximate surface area is 155 Å². The highest BCUT2D eigenvalue weighted by molar-refractivity contribution is 7.92. The molecule has 2 aromatic carbocycles. The average molecular weight is 375 g/mol. The Kier molecular flexibility index (Phi) is 7.21. The van der Waals surface area contributed by atoms with E-state index in [-0.39, 0.29) is 5.75 Å². The maximum atomic E-state index is 11.8. The molecule has 0 amide bonds. The van der Waals surface area contributed by atoms with Gasteiger partial charge < -0.3 is 5.11 Å². The van der Waals surface area contributed by atoms with Gasteiger partial charge in [-0.2, -0.15) is 0 Å². The molecule has 2 rings (SSSR count). The lowest BCUT2D eigenvalue weighted by atomic mass is 9.99. The fourth-order valence-electron chi connectivity index (χ4n) is 2.83. The summed E-state index contributed by atoms with van der Waals surface area (Å²) >= 11 is 0. The van der Waals surface area contributed by atoms with E-state index in [9.17, 15) is 18.3 Å². The summed E-state index contributed by atoms with van der Waals surface area (Å²) in [5.41, 5.74) is 2.85. The van der Waals surface area contributed by atoms with Crippen molar-refractivity contribution in [3.05, 3.63) is 65.2 Å². The van der Waals surface area contributed by atoms with Crippen molar-refractivity contribution in [2.75, 3.05) is 10.5 Å². The van der Waals surface area contributed by atoms with Gasteiger partial charge >= 0.3 is 5.97 Å². The maximum Gasteiger partial charge on any atom is 0.335 e. The molecule has 26 heavy (non-hydrogen) atoms. The van der Waals surface area contributed by atoms with Crippen LogP contribution in [0.25, 0.3) is 0 Å². The van der Waals surface area contributed by atoms with E-state index in [0.717, 1.165) is 43.2 Å². The molecule has 0 aliphatic rings. The number of sulfonamides is 1. The van der Waals surface area contributed by atoms with Crippen LogP contribution in [0.1, 0.15) is 47.7 Å². The number of nitrogens with one attached hydrogen (secondary N) is 1. The van der Waals surface area contributed by atoms with Gasteiger partial charge in [0.1, 0.15) is 0 Å². The summed E-state index contributed by atoms with van der Waals surface area (Å²) in [6, 6.07) is 14.5. The zero-order valence-electron chi connectivity index (χ0n) is 14.9. The van der Waals surface area contributed by atoms with Crippen molar-refractivity contribution in [2.24, 2.45) is 0 Å². The lowest BCUT2D eigenvalue weighted by molar-refractivity contribution is 0.0695. The molecule has 0 spiro atoms. The van der Waals surface area contributed by atoms with Gasteiger partial charge in [0, 0.05) is 0 Å². The predicted molar refractivity (Wildman–Crippen MR) is 104 cm³/mol. The standard InChI is InChI=1S/C20H25NO4S/c1-2-26(24,25)21-19-15-9-7-13-17(19)12-5-3-4-10-16-11-6-8-14-18(16)20(22)23/h6-9,11,13-15,21H,2-5,10,12H2,1H3,(H,22,23). The molecule has 0 unspecified atom stereocenters. The Morgan fingerprint density at radius 1 is 0.923 bits per heavy atom.